The average Bonchev–Trinajstić information content (AvgIpc) is 3.29. The van der Waals surface area contributed by atoms with Gasteiger partial charge in [-0.25, -0.2) is 4.98 Å². The number of rotatable bonds is 5. The molecule has 1 aromatic heterocycles. The zero-order valence-corrected chi connectivity index (χ0v) is 17.1. The fourth-order valence-electron chi connectivity index (χ4n) is 4.56. The zero-order chi connectivity index (χ0) is 18.8. The summed E-state index contributed by atoms with van der Waals surface area (Å²) in [6.07, 6.45) is 8.35. The second kappa shape index (κ2) is 8.09. The number of carbonyl (C=O) groups excluding carboxylic acids is 1. The summed E-state index contributed by atoms with van der Waals surface area (Å²) in [7, 11) is 0. The van der Waals surface area contributed by atoms with Gasteiger partial charge in [-0.3, -0.25) is 4.79 Å². The van der Waals surface area contributed by atoms with Crippen molar-refractivity contribution in [3.63, 3.8) is 0 Å². The van der Waals surface area contributed by atoms with Gasteiger partial charge in [0.05, 0.1) is 17.5 Å². The van der Waals surface area contributed by atoms with Crippen LogP contribution in [0.5, 0.6) is 0 Å². The van der Waals surface area contributed by atoms with E-state index >= 15 is 0 Å². The first-order valence-electron chi connectivity index (χ1n) is 10.2. The van der Waals surface area contributed by atoms with Gasteiger partial charge in [-0.1, -0.05) is 48.9 Å². The Morgan fingerprint density at radius 3 is 2.78 bits per heavy atom. The molecule has 0 radical (unpaired) electrons. The molecule has 0 bridgehead atoms. The van der Waals surface area contributed by atoms with Gasteiger partial charge in [0, 0.05) is 11.7 Å². The van der Waals surface area contributed by atoms with Crippen molar-refractivity contribution < 1.29 is 4.79 Å². The number of benzene rings is 1. The Hall–Kier alpha value is -1.75. The van der Waals surface area contributed by atoms with Gasteiger partial charge in [0.25, 0.3) is 0 Å². The van der Waals surface area contributed by atoms with E-state index < -0.39 is 0 Å². The van der Waals surface area contributed by atoms with Gasteiger partial charge in [0.2, 0.25) is 5.91 Å². The summed E-state index contributed by atoms with van der Waals surface area (Å²) in [6, 6.07) is 9.22. The molecule has 0 aliphatic heterocycles. The summed E-state index contributed by atoms with van der Waals surface area (Å²) in [5.74, 6) is 0.541. The minimum absolute atomic E-state index is 0.109. The van der Waals surface area contributed by atoms with Crippen LogP contribution < -0.4 is 5.32 Å². The second-order valence-corrected chi connectivity index (χ2v) is 8.82. The number of hydrogen-bond donors (Lipinski definition) is 1. The molecular weight excluding hydrogens is 354 g/mol. The lowest BCUT2D eigenvalue weighted by molar-refractivity contribution is -0.119. The first-order valence-corrected chi connectivity index (χ1v) is 11.2. The van der Waals surface area contributed by atoms with E-state index in [9.17, 15) is 4.79 Å². The molecule has 2 aliphatic rings. The van der Waals surface area contributed by atoms with Gasteiger partial charge < -0.3 is 9.88 Å². The Kier molecular flexibility index (Phi) is 5.58. The van der Waals surface area contributed by atoms with Crippen molar-refractivity contribution in [2.45, 2.75) is 76.0 Å². The number of hydrogen-bond acceptors (Lipinski definition) is 3. The number of aromatic nitrogens is 2. The maximum Gasteiger partial charge on any atom is 0.230 e. The van der Waals surface area contributed by atoms with Crippen molar-refractivity contribution in [2.75, 3.05) is 5.75 Å². The van der Waals surface area contributed by atoms with E-state index in [4.69, 9.17) is 4.98 Å². The van der Waals surface area contributed by atoms with Gasteiger partial charge in [-0.05, 0) is 57.1 Å². The topological polar surface area (TPSA) is 46.9 Å². The standard InChI is InChI=1S/C22H29N3OS/c1-15-16(2)25(18-10-4-5-11-18)22(23-15)27-14-21(26)24-20-13-7-9-17-8-3-6-12-19(17)20/h3,6,8,12,18,20H,4-5,7,9-11,13-14H2,1-2H3,(H,24,26)/t20-/m0/s1. The predicted molar refractivity (Wildman–Crippen MR) is 110 cm³/mol. The molecule has 0 spiro atoms. The lowest BCUT2D eigenvalue weighted by Crippen LogP contribution is -2.32. The van der Waals surface area contributed by atoms with Crippen LogP contribution >= 0.6 is 11.8 Å². The molecule has 0 unspecified atom stereocenters. The van der Waals surface area contributed by atoms with Crippen molar-refractivity contribution in [3.8, 4) is 0 Å². The molecule has 1 fully saturated rings. The summed E-state index contributed by atoms with van der Waals surface area (Å²) < 4.78 is 2.39. The molecule has 1 aromatic carbocycles. The minimum atomic E-state index is 0.109. The summed E-state index contributed by atoms with van der Waals surface area (Å²) in [6.45, 7) is 4.23. The number of nitrogens with one attached hydrogen (secondary N) is 1. The minimum Gasteiger partial charge on any atom is -0.349 e. The van der Waals surface area contributed by atoms with Crippen LogP contribution in [0.2, 0.25) is 0 Å². The number of amides is 1. The van der Waals surface area contributed by atoms with Gasteiger partial charge in [0.15, 0.2) is 5.16 Å². The SMILES string of the molecule is Cc1nc(SCC(=O)N[C@H]2CCCc3ccccc32)n(C2CCCC2)c1C. The number of nitrogens with zero attached hydrogens (tertiary/aromatic N) is 2. The molecule has 1 heterocycles. The number of fused-ring (bicyclic) bond motifs is 1. The van der Waals surface area contributed by atoms with E-state index in [1.165, 1.54) is 42.5 Å². The third kappa shape index (κ3) is 3.93. The molecule has 1 N–H and O–H groups in total. The third-order valence-electron chi connectivity index (χ3n) is 6.08. The van der Waals surface area contributed by atoms with Crippen molar-refractivity contribution in [1.82, 2.24) is 14.9 Å². The molecule has 1 amide bonds. The van der Waals surface area contributed by atoms with Crippen LogP contribution in [-0.4, -0.2) is 21.2 Å². The van der Waals surface area contributed by atoms with E-state index in [1.54, 1.807) is 11.8 Å². The van der Waals surface area contributed by atoms with Crippen molar-refractivity contribution in [2.24, 2.45) is 0 Å². The fourth-order valence-corrected chi connectivity index (χ4v) is 5.53. The Morgan fingerprint density at radius 1 is 1.19 bits per heavy atom. The normalized spacial score (nSPS) is 19.9. The average molecular weight is 384 g/mol. The van der Waals surface area contributed by atoms with Crippen LogP contribution in [0.4, 0.5) is 0 Å². The second-order valence-electron chi connectivity index (χ2n) is 7.87. The molecule has 4 rings (SSSR count). The molecule has 1 atom stereocenters. The first kappa shape index (κ1) is 18.6. The predicted octanol–water partition coefficient (Wildman–Crippen LogP) is 4.90. The van der Waals surface area contributed by atoms with Crippen LogP contribution in [0.15, 0.2) is 29.4 Å². The van der Waals surface area contributed by atoms with E-state index in [2.05, 4.69) is 48.0 Å². The lowest BCUT2D eigenvalue weighted by Gasteiger charge is -2.26. The van der Waals surface area contributed by atoms with Crippen molar-refractivity contribution >= 4 is 17.7 Å². The molecule has 4 nitrogen and oxygen atoms in total. The Morgan fingerprint density at radius 2 is 1.96 bits per heavy atom. The maximum absolute atomic E-state index is 12.6. The molecule has 0 saturated heterocycles. The largest absolute Gasteiger partial charge is 0.349 e. The number of imidazole rings is 1. The first-order chi connectivity index (χ1) is 13.1. The van der Waals surface area contributed by atoms with E-state index in [0.29, 0.717) is 11.8 Å². The quantitative estimate of drug-likeness (QED) is 0.747. The van der Waals surface area contributed by atoms with E-state index in [-0.39, 0.29) is 11.9 Å². The summed E-state index contributed by atoms with van der Waals surface area (Å²) >= 11 is 1.59. The Labute approximate surface area is 166 Å². The zero-order valence-electron chi connectivity index (χ0n) is 16.3. The van der Waals surface area contributed by atoms with Crippen LogP contribution in [0.1, 0.15) is 73.1 Å². The lowest BCUT2D eigenvalue weighted by atomic mass is 9.88. The van der Waals surface area contributed by atoms with Crippen molar-refractivity contribution in [3.05, 3.63) is 46.8 Å². The monoisotopic (exact) mass is 383 g/mol. The van der Waals surface area contributed by atoms with Crippen molar-refractivity contribution in [1.29, 1.82) is 0 Å². The number of aryl methyl sites for hydroxylation is 2. The fraction of sp³-hybridized carbons (Fsp3) is 0.545. The highest BCUT2D eigenvalue weighted by atomic mass is 32.2. The summed E-state index contributed by atoms with van der Waals surface area (Å²) in [4.78, 5) is 17.4. The highest BCUT2D eigenvalue weighted by Gasteiger charge is 2.25. The van der Waals surface area contributed by atoms with Crippen LogP contribution in [0.3, 0.4) is 0 Å². The molecular formula is C22H29N3OS. The molecule has 5 heteroatoms. The van der Waals surface area contributed by atoms with Gasteiger partial charge in [-0.2, -0.15) is 0 Å². The highest BCUT2D eigenvalue weighted by molar-refractivity contribution is 7.99. The van der Waals surface area contributed by atoms with E-state index in [0.717, 1.165) is 30.1 Å². The number of thioether (sulfide) groups is 1. The van der Waals surface area contributed by atoms with Crippen LogP contribution in [0.25, 0.3) is 0 Å². The highest BCUT2D eigenvalue weighted by Crippen LogP contribution is 2.35. The van der Waals surface area contributed by atoms with E-state index in [1.807, 2.05) is 0 Å². The van der Waals surface area contributed by atoms with Gasteiger partial charge in [0.1, 0.15) is 0 Å². The molecule has 1 saturated carbocycles. The number of carbonyl (C=O) groups is 1. The molecule has 144 valence electrons. The molecule has 2 aliphatic carbocycles. The summed E-state index contributed by atoms with van der Waals surface area (Å²) in [5, 5.41) is 4.27. The Balaban J connectivity index is 1.41. The molecule has 27 heavy (non-hydrogen) atoms. The van der Waals surface area contributed by atoms with Gasteiger partial charge >= 0.3 is 0 Å². The smallest absolute Gasteiger partial charge is 0.230 e. The third-order valence-corrected chi connectivity index (χ3v) is 7.03. The maximum atomic E-state index is 12.6. The van der Waals surface area contributed by atoms with Crippen LogP contribution in [0, 0.1) is 13.8 Å². The van der Waals surface area contributed by atoms with Gasteiger partial charge in [-0.15, -0.1) is 0 Å². The summed E-state index contributed by atoms with van der Waals surface area (Å²) in [5.41, 5.74) is 5.02. The van der Waals surface area contributed by atoms with Crippen LogP contribution in [-0.2, 0) is 11.2 Å². The molecule has 2 aromatic rings. The Bertz CT molecular complexity index is 823.